The summed E-state index contributed by atoms with van der Waals surface area (Å²) in [6.45, 7) is 7.41. The zero-order valence-electron chi connectivity index (χ0n) is 15.7. The molecule has 0 saturated carbocycles. The number of carbonyl (C=O) groups excluding carboxylic acids is 4. The van der Waals surface area contributed by atoms with E-state index in [0.29, 0.717) is 11.5 Å². The highest BCUT2D eigenvalue weighted by Crippen LogP contribution is 2.14. The number of hydroxylamine groups is 2. The molecule has 0 aliphatic carbocycles. The Hall–Kier alpha value is -2.00. The van der Waals surface area contributed by atoms with Crippen LogP contribution in [-0.2, 0) is 24.0 Å². The molecule has 0 bridgehead atoms. The highest BCUT2D eigenvalue weighted by molar-refractivity contribution is 6.02. The molecule has 1 atom stereocenters. The van der Waals surface area contributed by atoms with E-state index in [1.807, 2.05) is 25.8 Å². The zero-order valence-corrected chi connectivity index (χ0v) is 15.7. The molecule has 2 heterocycles. The minimum absolute atomic E-state index is 0.0384. The van der Waals surface area contributed by atoms with Crippen molar-refractivity contribution in [2.45, 2.75) is 39.2 Å². The normalized spacial score (nSPS) is 20.5. The summed E-state index contributed by atoms with van der Waals surface area (Å²) in [4.78, 5) is 57.1. The molecular weight excluding hydrogens is 340 g/mol. The Morgan fingerprint density at radius 2 is 1.65 bits per heavy atom. The summed E-state index contributed by atoms with van der Waals surface area (Å²) in [5.74, 6) is -1.99. The van der Waals surface area contributed by atoms with E-state index < -0.39 is 23.8 Å². The van der Waals surface area contributed by atoms with Crippen molar-refractivity contribution in [1.29, 1.82) is 0 Å². The van der Waals surface area contributed by atoms with Gasteiger partial charge in [0.2, 0.25) is 5.91 Å². The highest BCUT2D eigenvalue weighted by atomic mass is 16.7. The standard InChI is InChI=1S/C17H28N4O5/c1-12(2)10-13(17(25)26-21-15(23)4-5-16(21)24)18-14(22)11-20-8-6-19(3)7-9-20/h12-13H,4-11H2,1-3H3,(H,18,22)/t13-/m0/s1. The maximum absolute atomic E-state index is 12.4. The van der Waals surface area contributed by atoms with Gasteiger partial charge >= 0.3 is 5.97 Å². The van der Waals surface area contributed by atoms with E-state index in [4.69, 9.17) is 4.84 Å². The van der Waals surface area contributed by atoms with Crippen LogP contribution in [0, 0.1) is 5.92 Å². The van der Waals surface area contributed by atoms with Crippen LogP contribution in [0.3, 0.4) is 0 Å². The smallest absolute Gasteiger partial charge is 0.342 e. The van der Waals surface area contributed by atoms with E-state index in [0.717, 1.165) is 26.2 Å². The number of likely N-dealkylation sites (N-methyl/N-ethyl adjacent to an activating group) is 1. The van der Waals surface area contributed by atoms with E-state index in [9.17, 15) is 19.2 Å². The number of nitrogens with zero attached hydrogens (tertiary/aromatic N) is 3. The predicted molar refractivity (Wildman–Crippen MR) is 92.5 cm³/mol. The fourth-order valence-corrected chi connectivity index (χ4v) is 2.95. The second-order valence-corrected chi connectivity index (χ2v) is 7.32. The zero-order chi connectivity index (χ0) is 19.3. The predicted octanol–water partition coefficient (Wildman–Crippen LogP) is -0.628. The van der Waals surface area contributed by atoms with E-state index in [-0.39, 0.29) is 31.2 Å². The first-order valence-electron chi connectivity index (χ1n) is 9.04. The first-order chi connectivity index (χ1) is 12.3. The summed E-state index contributed by atoms with van der Waals surface area (Å²) >= 11 is 0. The van der Waals surface area contributed by atoms with Gasteiger partial charge in [0.1, 0.15) is 6.04 Å². The number of piperazine rings is 1. The molecule has 2 aliphatic rings. The lowest BCUT2D eigenvalue weighted by molar-refractivity contribution is -0.199. The molecule has 9 heteroatoms. The van der Waals surface area contributed by atoms with Gasteiger partial charge < -0.3 is 15.1 Å². The van der Waals surface area contributed by atoms with Crippen molar-refractivity contribution in [3.8, 4) is 0 Å². The van der Waals surface area contributed by atoms with Gasteiger partial charge in [0.05, 0.1) is 6.54 Å². The van der Waals surface area contributed by atoms with Crippen molar-refractivity contribution in [1.82, 2.24) is 20.2 Å². The minimum atomic E-state index is -0.892. The summed E-state index contributed by atoms with van der Waals surface area (Å²) in [7, 11) is 2.03. The fraction of sp³-hybridized carbons (Fsp3) is 0.765. The molecule has 0 unspecified atom stereocenters. The van der Waals surface area contributed by atoms with Crippen molar-refractivity contribution >= 4 is 23.7 Å². The molecule has 3 amide bonds. The third-order valence-corrected chi connectivity index (χ3v) is 4.48. The number of rotatable bonds is 7. The van der Waals surface area contributed by atoms with Gasteiger partial charge in [-0.05, 0) is 19.4 Å². The van der Waals surface area contributed by atoms with Gasteiger partial charge in [-0.3, -0.25) is 19.3 Å². The van der Waals surface area contributed by atoms with Gasteiger partial charge in [0, 0.05) is 39.0 Å². The molecule has 2 saturated heterocycles. The number of imide groups is 1. The quantitative estimate of drug-likeness (QED) is 0.598. The van der Waals surface area contributed by atoms with E-state index >= 15 is 0 Å². The lowest BCUT2D eigenvalue weighted by Gasteiger charge is -2.32. The Morgan fingerprint density at radius 1 is 1.08 bits per heavy atom. The lowest BCUT2D eigenvalue weighted by atomic mass is 10.0. The van der Waals surface area contributed by atoms with Crippen LogP contribution >= 0.6 is 0 Å². The van der Waals surface area contributed by atoms with Crippen molar-refractivity contribution in [2.24, 2.45) is 5.92 Å². The first kappa shape index (κ1) is 20.3. The van der Waals surface area contributed by atoms with Crippen LogP contribution in [0.2, 0.25) is 0 Å². The number of hydrogen-bond donors (Lipinski definition) is 1. The molecule has 26 heavy (non-hydrogen) atoms. The van der Waals surface area contributed by atoms with Gasteiger partial charge in [-0.25, -0.2) is 4.79 Å². The molecule has 0 spiro atoms. The van der Waals surface area contributed by atoms with Gasteiger partial charge in [-0.15, -0.1) is 5.06 Å². The molecule has 1 N–H and O–H groups in total. The number of amides is 3. The van der Waals surface area contributed by atoms with Crippen LogP contribution in [0.4, 0.5) is 0 Å². The van der Waals surface area contributed by atoms with Crippen LogP contribution in [0.25, 0.3) is 0 Å². The monoisotopic (exact) mass is 368 g/mol. The van der Waals surface area contributed by atoms with E-state index in [2.05, 4.69) is 10.2 Å². The van der Waals surface area contributed by atoms with Gasteiger partial charge in [0.25, 0.3) is 11.8 Å². The average Bonchev–Trinajstić information content (AvgIpc) is 2.88. The molecule has 146 valence electrons. The van der Waals surface area contributed by atoms with Crippen molar-refractivity contribution in [2.75, 3.05) is 39.8 Å². The Balaban J connectivity index is 1.91. The van der Waals surface area contributed by atoms with Crippen LogP contribution in [-0.4, -0.2) is 84.4 Å². The van der Waals surface area contributed by atoms with Crippen LogP contribution in [0.5, 0.6) is 0 Å². The SMILES string of the molecule is CC(C)C[C@H](NC(=O)CN1CCN(C)CC1)C(=O)ON1C(=O)CCC1=O. The molecule has 0 aromatic heterocycles. The molecule has 0 aromatic carbocycles. The van der Waals surface area contributed by atoms with Crippen molar-refractivity contribution in [3.63, 3.8) is 0 Å². The summed E-state index contributed by atoms with van der Waals surface area (Å²) in [5, 5.41) is 3.21. The molecule has 0 aromatic rings. The average molecular weight is 368 g/mol. The summed E-state index contributed by atoms with van der Waals surface area (Å²) in [6, 6.07) is -0.892. The van der Waals surface area contributed by atoms with Crippen LogP contribution < -0.4 is 5.32 Å². The number of carbonyl (C=O) groups is 4. The number of hydrogen-bond acceptors (Lipinski definition) is 7. The summed E-state index contributed by atoms with van der Waals surface area (Å²) < 4.78 is 0. The molecule has 2 aliphatic heterocycles. The van der Waals surface area contributed by atoms with Gasteiger partial charge in [0.15, 0.2) is 0 Å². The van der Waals surface area contributed by atoms with E-state index in [1.54, 1.807) is 0 Å². The molecule has 0 radical (unpaired) electrons. The molecule has 9 nitrogen and oxygen atoms in total. The maximum Gasteiger partial charge on any atom is 0.355 e. The number of nitrogens with one attached hydrogen (secondary N) is 1. The van der Waals surface area contributed by atoms with Crippen LogP contribution in [0.15, 0.2) is 0 Å². The van der Waals surface area contributed by atoms with Gasteiger partial charge in [-0.1, -0.05) is 13.8 Å². The first-order valence-corrected chi connectivity index (χ1v) is 9.04. The molecular formula is C17H28N4O5. The second kappa shape index (κ2) is 9.09. The maximum atomic E-state index is 12.4. The third kappa shape index (κ3) is 5.77. The lowest BCUT2D eigenvalue weighted by Crippen LogP contribution is -2.51. The Morgan fingerprint density at radius 3 is 2.19 bits per heavy atom. The van der Waals surface area contributed by atoms with Crippen molar-refractivity contribution in [3.05, 3.63) is 0 Å². The highest BCUT2D eigenvalue weighted by Gasteiger charge is 2.35. The second-order valence-electron chi connectivity index (χ2n) is 7.32. The third-order valence-electron chi connectivity index (χ3n) is 4.48. The topological polar surface area (TPSA) is 99.3 Å². The molecule has 2 fully saturated rings. The Bertz CT molecular complexity index is 541. The minimum Gasteiger partial charge on any atom is -0.342 e. The van der Waals surface area contributed by atoms with Crippen molar-refractivity contribution < 1.29 is 24.0 Å². The molecule has 2 rings (SSSR count). The Labute approximate surface area is 153 Å². The summed E-state index contributed by atoms with van der Waals surface area (Å²) in [5.41, 5.74) is 0. The van der Waals surface area contributed by atoms with E-state index in [1.165, 1.54) is 0 Å². The van der Waals surface area contributed by atoms with Gasteiger partial charge in [-0.2, -0.15) is 0 Å². The Kier molecular flexibility index (Phi) is 7.10. The fourth-order valence-electron chi connectivity index (χ4n) is 2.95. The summed E-state index contributed by atoms with van der Waals surface area (Å²) in [6.07, 6.45) is 0.441. The largest absolute Gasteiger partial charge is 0.355 e. The van der Waals surface area contributed by atoms with Crippen LogP contribution in [0.1, 0.15) is 33.1 Å².